The number of halogens is 2. The van der Waals surface area contributed by atoms with Crippen LogP contribution in [0, 0.1) is 11.7 Å². The Labute approximate surface area is 113 Å². The first-order valence-electron chi connectivity index (χ1n) is 6.21. The van der Waals surface area contributed by atoms with E-state index in [2.05, 4.69) is 5.32 Å². The van der Waals surface area contributed by atoms with Crippen LogP contribution in [0.25, 0.3) is 0 Å². The Bertz CT molecular complexity index is 369. The summed E-state index contributed by atoms with van der Waals surface area (Å²) in [6, 6.07) is 7.07. The highest BCUT2D eigenvalue weighted by atomic mass is 35.5. The second kappa shape index (κ2) is 7.49. The Morgan fingerprint density at radius 3 is 2.72 bits per heavy atom. The Balaban J connectivity index is 0.00000162. The van der Waals surface area contributed by atoms with E-state index in [0.29, 0.717) is 6.04 Å². The molecule has 0 aliphatic carbocycles. The van der Waals surface area contributed by atoms with Crippen molar-refractivity contribution in [2.24, 2.45) is 5.92 Å². The van der Waals surface area contributed by atoms with Gasteiger partial charge in [-0.05, 0) is 49.9 Å². The number of aldehydes is 1. The van der Waals surface area contributed by atoms with Gasteiger partial charge in [0.2, 0.25) is 0 Å². The lowest BCUT2D eigenvalue weighted by Crippen LogP contribution is -2.38. The average Bonchev–Trinajstić information content (AvgIpc) is 2.38. The van der Waals surface area contributed by atoms with E-state index in [4.69, 9.17) is 0 Å². The van der Waals surface area contributed by atoms with Crippen molar-refractivity contribution >= 4 is 18.7 Å². The number of carbonyl (C=O) groups excluding carboxylic acids is 1. The molecular weight excluding hydrogens is 253 g/mol. The normalized spacial score (nSPS) is 23.2. The number of benzene rings is 1. The van der Waals surface area contributed by atoms with E-state index in [-0.39, 0.29) is 24.1 Å². The standard InChI is InChI=1S/C14H18FNO.ClH/c15-13-4-1-11(2-5-13)3-6-14-9-12(10-17)7-8-16-14;/h1-2,4-5,10,12,14,16H,3,6-9H2;1H. The first-order chi connectivity index (χ1) is 8.28. The largest absolute Gasteiger partial charge is 0.314 e. The molecule has 1 N–H and O–H groups in total. The van der Waals surface area contributed by atoms with Crippen molar-refractivity contribution in [3.8, 4) is 0 Å². The van der Waals surface area contributed by atoms with Gasteiger partial charge in [-0.1, -0.05) is 12.1 Å². The minimum absolute atomic E-state index is 0. The molecule has 0 aromatic heterocycles. The molecule has 1 aliphatic heterocycles. The van der Waals surface area contributed by atoms with Crippen LogP contribution in [0.15, 0.2) is 24.3 Å². The number of nitrogens with one attached hydrogen (secondary N) is 1. The topological polar surface area (TPSA) is 29.1 Å². The van der Waals surface area contributed by atoms with Crippen LogP contribution < -0.4 is 5.32 Å². The zero-order valence-electron chi connectivity index (χ0n) is 10.3. The molecule has 2 nitrogen and oxygen atoms in total. The summed E-state index contributed by atoms with van der Waals surface area (Å²) in [6.45, 7) is 0.928. The highest BCUT2D eigenvalue weighted by molar-refractivity contribution is 5.85. The van der Waals surface area contributed by atoms with E-state index < -0.39 is 0 Å². The molecule has 0 saturated carbocycles. The van der Waals surface area contributed by atoms with Crippen molar-refractivity contribution in [3.63, 3.8) is 0 Å². The molecule has 0 spiro atoms. The lowest BCUT2D eigenvalue weighted by Gasteiger charge is -2.27. The van der Waals surface area contributed by atoms with Crippen molar-refractivity contribution in [3.05, 3.63) is 35.6 Å². The van der Waals surface area contributed by atoms with Crippen LogP contribution in [0.3, 0.4) is 0 Å². The average molecular weight is 272 g/mol. The number of hydrogen-bond donors (Lipinski definition) is 1. The molecule has 2 unspecified atom stereocenters. The van der Waals surface area contributed by atoms with Crippen molar-refractivity contribution in [2.45, 2.75) is 31.7 Å². The molecule has 18 heavy (non-hydrogen) atoms. The van der Waals surface area contributed by atoms with Gasteiger partial charge in [0.05, 0.1) is 0 Å². The molecule has 100 valence electrons. The van der Waals surface area contributed by atoms with Gasteiger partial charge in [0.25, 0.3) is 0 Å². The van der Waals surface area contributed by atoms with Gasteiger partial charge in [0.15, 0.2) is 0 Å². The van der Waals surface area contributed by atoms with Crippen LogP contribution in [0.5, 0.6) is 0 Å². The summed E-state index contributed by atoms with van der Waals surface area (Å²) in [5, 5.41) is 3.43. The summed E-state index contributed by atoms with van der Waals surface area (Å²) < 4.78 is 12.7. The van der Waals surface area contributed by atoms with Crippen molar-refractivity contribution < 1.29 is 9.18 Å². The first kappa shape index (κ1) is 15.1. The van der Waals surface area contributed by atoms with E-state index in [1.165, 1.54) is 12.1 Å². The van der Waals surface area contributed by atoms with E-state index in [1.54, 1.807) is 0 Å². The van der Waals surface area contributed by atoms with Gasteiger partial charge in [0.1, 0.15) is 12.1 Å². The fourth-order valence-electron chi connectivity index (χ4n) is 2.37. The lowest BCUT2D eigenvalue weighted by atomic mass is 9.90. The Morgan fingerprint density at radius 1 is 1.33 bits per heavy atom. The van der Waals surface area contributed by atoms with E-state index >= 15 is 0 Å². The van der Waals surface area contributed by atoms with Crippen LogP contribution >= 0.6 is 12.4 Å². The zero-order chi connectivity index (χ0) is 12.1. The maximum atomic E-state index is 12.7. The molecule has 0 radical (unpaired) electrons. The number of piperidine rings is 1. The van der Waals surface area contributed by atoms with E-state index in [9.17, 15) is 9.18 Å². The van der Waals surface area contributed by atoms with Crippen LogP contribution in [-0.4, -0.2) is 18.9 Å². The molecule has 1 fully saturated rings. The second-order valence-corrected chi connectivity index (χ2v) is 4.74. The predicted molar refractivity (Wildman–Crippen MR) is 72.5 cm³/mol. The van der Waals surface area contributed by atoms with Crippen LogP contribution in [0.4, 0.5) is 4.39 Å². The Kier molecular flexibility index (Phi) is 6.30. The molecule has 2 atom stereocenters. The van der Waals surface area contributed by atoms with Gasteiger partial charge >= 0.3 is 0 Å². The van der Waals surface area contributed by atoms with E-state index in [1.807, 2.05) is 12.1 Å². The minimum Gasteiger partial charge on any atom is -0.314 e. The molecule has 1 saturated heterocycles. The van der Waals surface area contributed by atoms with Gasteiger partial charge in [0, 0.05) is 12.0 Å². The summed E-state index contributed by atoms with van der Waals surface area (Å²) in [4.78, 5) is 10.7. The van der Waals surface area contributed by atoms with Gasteiger partial charge < -0.3 is 10.1 Å². The number of carbonyl (C=O) groups is 1. The second-order valence-electron chi connectivity index (χ2n) is 4.74. The Hall–Kier alpha value is -0.930. The summed E-state index contributed by atoms with van der Waals surface area (Å²) in [7, 11) is 0. The summed E-state index contributed by atoms with van der Waals surface area (Å²) in [5.41, 5.74) is 1.15. The fraction of sp³-hybridized carbons (Fsp3) is 0.500. The lowest BCUT2D eigenvalue weighted by molar-refractivity contribution is -0.112. The fourth-order valence-corrected chi connectivity index (χ4v) is 2.37. The predicted octanol–water partition coefficient (Wildman–Crippen LogP) is 2.75. The van der Waals surface area contributed by atoms with Gasteiger partial charge in [-0.15, -0.1) is 12.4 Å². The number of rotatable bonds is 4. The van der Waals surface area contributed by atoms with Gasteiger partial charge in [-0.2, -0.15) is 0 Å². The Morgan fingerprint density at radius 2 is 2.06 bits per heavy atom. The zero-order valence-corrected chi connectivity index (χ0v) is 11.1. The smallest absolute Gasteiger partial charge is 0.123 e. The maximum absolute atomic E-state index is 12.7. The van der Waals surface area contributed by atoms with E-state index in [0.717, 1.165) is 44.1 Å². The molecule has 2 rings (SSSR count). The molecule has 0 bridgehead atoms. The summed E-state index contributed by atoms with van der Waals surface area (Å²) >= 11 is 0. The maximum Gasteiger partial charge on any atom is 0.123 e. The minimum atomic E-state index is -0.189. The van der Waals surface area contributed by atoms with Crippen molar-refractivity contribution in [1.29, 1.82) is 0 Å². The third kappa shape index (κ3) is 4.39. The van der Waals surface area contributed by atoms with Gasteiger partial charge in [-0.3, -0.25) is 0 Å². The van der Waals surface area contributed by atoms with Crippen LogP contribution in [0.2, 0.25) is 0 Å². The summed E-state index contributed by atoms with van der Waals surface area (Å²) in [6.07, 6.45) is 4.91. The van der Waals surface area contributed by atoms with Gasteiger partial charge in [-0.25, -0.2) is 4.39 Å². The number of aryl methyl sites for hydroxylation is 1. The van der Waals surface area contributed by atoms with Crippen LogP contribution in [-0.2, 0) is 11.2 Å². The molecule has 0 amide bonds. The molecule has 1 aliphatic rings. The SMILES string of the molecule is Cl.O=CC1CCNC(CCc2ccc(F)cc2)C1. The molecular formula is C14H19ClFNO. The number of hydrogen-bond acceptors (Lipinski definition) is 2. The molecule has 4 heteroatoms. The van der Waals surface area contributed by atoms with Crippen molar-refractivity contribution in [2.75, 3.05) is 6.54 Å². The highest BCUT2D eigenvalue weighted by Crippen LogP contribution is 2.17. The molecule has 1 aromatic rings. The van der Waals surface area contributed by atoms with Crippen molar-refractivity contribution in [1.82, 2.24) is 5.32 Å². The van der Waals surface area contributed by atoms with Crippen LogP contribution in [0.1, 0.15) is 24.8 Å². The highest BCUT2D eigenvalue weighted by Gasteiger charge is 2.20. The third-order valence-electron chi connectivity index (χ3n) is 3.42. The first-order valence-corrected chi connectivity index (χ1v) is 6.21. The third-order valence-corrected chi connectivity index (χ3v) is 3.42. The quantitative estimate of drug-likeness (QED) is 0.853. The molecule has 1 heterocycles. The monoisotopic (exact) mass is 271 g/mol. The summed E-state index contributed by atoms with van der Waals surface area (Å²) in [5.74, 6) is 0.0278. The molecule has 1 aromatic carbocycles.